The highest BCUT2D eigenvalue weighted by molar-refractivity contribution is 4.97. The molecule has 1 saturated carbocycles. The van der Waals surface area contributed by atoms with Crippen LogP contribution in [0.2, 0.25) is 0 Å². The van der Waals surface area contributed by atoms with Crippen molar-refractivity contribution in [1.29, 1.82) is 0 Å². The van der Waals surface area contributed by atoms with E-state index in [0.29, 0.717) is 0 Å². The molecule has 2 bridgehead atoms. The summed E-state index contributed by atoms with van der Waals surface area (Å²) in [6.07, 6.45) is 7.22. The fourth-order valence-electron chi connectivity index (χ4n) is 3.64. The van der Waals surface area contributed by atoms with Gasteiger partial charge in [0.1, 0.15) is 0 Å². The zero-order valence-corrected chi connectivity index (χ0v) is 9.91. The fraction of sp³-hybridized carbons (Fsp3) is 1.00. The van der Waals surface area contributed by atoms with Gasteiger partial charge in [-0.1, -0.05) is 6.92 Å². The number of nitrogens with one attached hydrogen (secondary N) is 1. The maximum atomic E-state index is 3.63. The van der Waals surface area contributed by atoms with Gasteiger partial charge >= 0.3 is 0 Å². The summed E-state index contributed by atoms with van der Waals surface area (Å²) in [6, 6.07) is 1.77. The molecule has 4 aliphatic rings. The van der Waals surface area contributed by atoms with Crippen LogP contribution in [0, 0.1) is 11.8 Å². The molecular weight excluding hydrogens is 184 g/mol. The molecule has 2 nitrogen and oxygen atoms in total. The zero-order valence-electron chi connectivity index (χ0n) is 9.91. The van der Waals surface area contributed by atoms with Gasteiger partial charge in [-0.2, -0.15) is 0 Å². The normalized spacial score (nSPS) is 42.6. The smallest absolute Gasteiger partial charge is 0.00876 e. The van der Waals surface area contributed by atoms with E-state index in [1.807, 2.05) is 0 Å². The van der Waals surface area contributed by atoms with Gasteiger partial charge < -0.3 is 10.2 Å². The maximum absolute atomic E-state index is 3.63. The molecule has 1 N–H and O–H groups in total. The Morgan fingerprint density at radius 1 is 1.07 bits per heavy atom. The molecule has 0 spiro atoms. The number of rotatable bonds is 2. The van der Waals surface area contributed by atoms with Crippen molar-refractivity contribution < 1.29 is 0 Å². The number of fused-ring (bicyclic) bond motifs is 2. The van der Waals surface area contributed by atoms with Gasteiger partial charge in [0, 0.05) is 18.6 Å². The third-order valence-corrected chi connectivity index (χ3v) is 4.67. The van der Waals surface area contributed by atoms with Crippen LogP contribution in [-0.2, 0) is 0 Å². The van der Waals surface area contributed by atoms with E-state index in [4.69, 9.17) is 0 Å². The van der Waals surface area contributed by atoms with Gasteiger partial charge in [-0.3, -0.25) is 0 Å². The zero-order chi connectivity index (χ0) is 10.3. The molecule has 3 saturated heterocycles. The van der Waals surface area contributed by atoms with E-state index in [1.165, 1.54) is 51.7 Å². The molecule has 0 aromatic rings. The number of hydrogen-bond acceptors (Lipinski definition) is 2. The Labute approximate surface area is 93.4 Å². The molecule has 0 amide bonds. The minimum absolute atomic E-state index is 0.887. The topological polar surface area (TPSA) is 15.3 Å². The van der Waals surface area contributed by atoms with Crippen LogP contribution in [0.5, 0.6) is 0 Å². The van der Waals surface area contributed by atoms with Crippen LogP contribution < -0.4 is 5.32 Å². The van der Waals surface area contributed by atoms with Crippen molar-refractivity contribution in [2.45, 2.75) is 51.1 Å². The summed E-state index contributed by atoms with van der Waals surface area (Å²) in [5.74, 6) is 1.98. The predicted octanol–water partition coefficient (Wildman–Crippen LogP) is 1.86. The maximum Gasteiger partial charge on any atom is 0.00876 e. The molecule has 2 atom stereocenters. The molecule has 15 heavy (non-hydrogen) atoms. The van der Waals surface area contributed by atoms with Crippen molar-refractivity contribution in [3.05, 3.63) is 0 Å². The van der Waals surface area contributed by atoms with Gasteiger partial charge in [0.15, 0.2) is 0 Å². The van der Waals surface area contributed by atoms with E-state index in [2.05, 4.69) is 17.1 Å². The standard InChI is InChI=1S/C13H24N2/c1-10-2-4-15(5-3-10)9-11-6-12-8-13(7-11)14-12/h10-14H,2-9H2,1H3. The van der Waals surface area contributed by atoms with E-state index < -0.39 is 0 Å². The van der Waals surface area contributed by atoms with Crippen LogP contribution >= 0.6 is 0 Å². The first-order chi connectivity index (χ1) is 7.29. The Hall–Kier alpha value is -0.0800. The number of likely N-dealkylation sites (tertiary alicyclic amines) is 1. The minimum atomic E-state index is 0.887. The average molecular weight is 208 g/mol. The highest BCUT2D eigenvalue weighted by atomic mass is 15.1. The molecule has 1 aliphatic carbocycles. The van der Waals surface area contributed by atoms with Crippen molar-refractivity contribution in [3.8, 4) is 0 Å². The van der Waals surface area contributed by atoms with E-state index in [0.717, 1.165) is 23.9 Å². The van der Waals surface area contributed by atoms with E-state index >= 15 is 0 Å². The lowest BCUT2D eigenvalue weighted by Gasteiger charge is -2.48. The quantitative estimate of drug-likeness (QED) is 0.745. The van der Waals surface area contributed by atoms with Crippen LogP contribution in [0.15, 0.2) is 0 Å². The van der Waals surface area contributed by atoms with Crippen LogP contribution in [0.4, 0.5) is 0 Å². The summed E-state index contributed by atoms with van der Waals surface area (Å²) < 4.78 is 0. The van der Waals surface area contributed by atoms with E-state index in [-0.39, 0.29) is 0 Å². The molecule has 2 unspecified atom stereocenters. The molecule has 0 radical (unpaired) electrons. The van der Waals surface area contributed by atoms with Gasteiger partial charge in [0.2, 0.25) is 0 Å². The summed E-state index contributed by atoms with van der Waals surface area (Å²) in [4.78, 5) is 2.72. The van der Waals surface area contributed by atoms with Crippen molar-refractivity contribution in [2.24, 2.45) is 11.8 Å². The highest BCUT2D eigenvalue weighted by Crippen LogP contribution is 2.33. The second-order valence-electron chi connectivity index (χ2n) is 6.12. The number of hydrogen-bond donors (Lipinski definition) is 1. The first-order valence-corrected chi connectivity index (χ1v) is 6.78. The molecule has 3 aliphatic heterocycles. The molecular formula is C13H24N2. The van der Waals surface area contributed by atoms with Crippen molar-refractivity contribution in [2.75, 3.05) is 19.6 Å². The molecule has 0 aromatic heterocycles. The lowest BCUT2D eigenvalue weighted by molar-refractivity contribution is 0.0841. The molecule has 0 aromatic carbocycles. The lowest BCUT2D eigenvalue weighted by atomic mass is 9.75. The second kappa shape index (κ2) is 4.06. The predicted molar refractivity (Wildman–Crippen MR) is 62.9 cm³/mol. The summed E-state index contributed by atoms with van der Waals surface area (Å²) in [6.45, 7) is 6.51. The number of nitrogens with zero attached hydrogens (tertiary/aromatic N) is 1. The Balaban J connectivity index is 1.45. The summed E-state index contributed by atoms with van der Waals surface area (Å²) in [5, 5.41) is 3.63. The highest BCUT2D eigenvalue weighted by Gasteiger charge is 2.37. The van der Waals surface area contributed by atoms with E-state index in [9.17, 15) is 0 Å². The van der Waals surface area contributed by atoms with Gasteiger partial charge in [0.05, 0.1) is 0 Å². The van der Waals surface area contributed by atoms with E-state index in [1.54, 1.807) is 0 Å². The van der Waals surface area contributed by atoms with Gasteiger partial charge in [-0.25, -0.2) is 0 Å². The summed E-state index contributed by atoms with van der Waals surface area (Å²) >= 11 is 0. The van der Waals surface area contributed by atoms with Crippen LogP contribution in [0.25, 0.3) is 0 Å². The van der Waals surface area contributed by atoms with Crippen molar-refractivity contribution in [3.63, 3.8) is 0 Å². The third-order valence-electron chi connectivity index (χ3n) is 4.67. The van der Waals surface area contributed by atoms with Crippen molar-refractivity contribution in [1.82, 2.24) is 10.2 Å². The lowest BCUT2D eigenvalue weighted by Crippen LogP contribution is -2.59. The van der Waals surface area contributed by atoms with Crippen LogP contribution in [-0.4, -0.2) is 36.6 Å². The van der Waals surface area contributed by atoms with Gasteiger partial charge in [0.25, 0.3) is 0 Å². The summed E-state index contributed by atoms with van der Waals surface area (Å²) in [7, 11) is 0. The Kier molecular flexibility index (Phi) is 2.73. The first-order valence-electron chi connectivity index (χ1n) is 6.78. The molecule has 86 valence electrons. The third kappa shape index (κ3) is 2.21. The molecule has 3 heterocycles. The first kappa shape index (κ1) is 10.1. The summed E-state index contributed by atoms with van der Waals surface area (Å²) in [5.41, 5.74) is 0. The fourth-order valence-corrected chi connectivity index (χ4v) is 3.64. The molecule has 4 fully saturated rings. The SMILES string of the molecule is CC1CCN(CC2CC3CC(C2)N3)CC1. The van der Waals surface area contributed by atoms with Gasteiger partial charge in [-0.15, -0.1) is 0 Å². The average Bonchev–Trinajstić information content (AvgIpc) is 2.21. The monoisotopic (exact) mass is 208 g/mol. The van der Waals surface area contributed by atoms with Crippen molar-refractivity contribution >= 4 is 0 Å². The van der Waals surface area contributed by atoms with Crippen LogP contribution in [0.1, 0.15) is 39.0 Å². The largest absolute Gasteiger partial charge is 0.311 e. The Bertz CT molecular complexity index is 205. The second-order valence-corrected chi connectivity index (χ2v) is 6.12. The van der Waals surface area contributed by atoms with Crippen LogP contribution in [0.3, 0.4) is 0 Å². The molecule has 2 heteroatoms. The Morgan fingerprint density at radius 2 is 1.67 bits per heavy atom. The molecule has 4 rings (SSSR count). The minimum Gasteiger partial charge on any atom is -0.311 e. The Morgan fingerprint density at radius 3 is 2.27 bits per heavy atom. The van der Waals surface area contributed by atoms with Gasteiger partial charge in [-0.05, 0) is 57.0 Å². The number of piperidine rings is 2.